The fraction of sp³-hybridized carbons (Fsp3) is 0.382. The number of hydrazine groups is 1. The van der Waals surface area contributed by atoms with Crippen molar-refractivity contribution >= 4 is 46.5 Å². The van der Waals surface area contributed by atoms with Crippen LogP contribution < -0.4 is 30.7 Å². The van der Waals surface area contributed by atoms with Gasteiger partial charge in [0.2, 0.25) is 17.8 Å². The average molecular weight is 1180 g/mol. The Morgan fingerprint density at radius 1 is 0.701 bits per heavy atom. The molecular weight excluding hydrogens is 1090 g/mol. The molecule has 2 saturated heterocycles. The number of piperidine rings is 1. The number of nitrogens with zero attached hydrogens (tertiary/aromatic N) is 11. The van der Waals surface area contributed by atoms with Crippen LogP contribution in [0.15, 0.2) is 146 Å². The van der Waals surface area contributed by atoms with E-state index in [1.165, 1.54) is 17.2 Å². The summed E-state index contributed by atoms with van der Waals surface area (Å²) in [7, 11) is 8.46. The molecule has 1 atom stereocenters. The molecule has 456 valence electrons. The number of aromatic nitrogens is 4. The lowest BCUT2D eigenvalue weighted by atomic mass is 10.0. The van der Waals surface area contributed by atoms with Crippen molar-refractivity contribution in [2.45, 2.75) is 58.2 Å². The number of ether oxygens (including phenoxy) is 2. The van der Waals surface area contributed by atoms with Crippen molar-refractivity contribution in [2.75, 3.05) is 135 Å². The molecule has 4 aromatic carbocycles. The molecule has 0 spiro atoms. The zero-order chi connectivity index (χ0) is 60.7. The van der Waals surface area contributed by atoms with Gasteiger partial charge in [-0.1, -0.05) is 61.1 Å². The largest absolute Gasteiger partial charge is 0.493 e. The summed E-state index contributed by atoms with van der Waals surface area (Å²) in [6.07, 6.45) is 18.4. The predicted molar refractivity (Wildman–Crippen MR) is 349 cm³/mol. The Labute approximate surface area is 514 Å². The van der Waals surface area contributed by atoms with E-state index in [1.54, 1.807) is 19.3 Å². The van der Waals surface area contributed by atoms with Gasteiger partial charge >= 0.3 is 0 Å². The van der Waals surface area contributed by atoms with Crippen LogP contribution in [-0.2, 0) is 22.7 Å². The van der Waals surface area contributed by atoms with Crippen LogP contribution >= 0.6 is 0 Å². The van der Waals surface area contributed by atoms with Crippen LogP contribution in [0.1, 0.15) is 50.2 Å². The first-order valence-electron chi connectivity index (χ1n) is 30.3. The Bertz CT molecular complexity index is 3380. The number of hydrogen-bond donors (Lipinski definition) is 4. The summed E-state index contributed by atoms with van der Waals surface area (Å²) in [5.41, 5.74) is 9.89. The predicted octanol–water partition coefficient (Wildman–Crippen LogP) is 9.61. The Balaban J connectivity index is 0.000000208. The number of anilines is 6. The summed E-state index contributed by atoms with van der Waals surface area (Å²) in [6, 6.07) is 33.1. The summed E-state index contributed by atoms with van der Waals surface area (Å²) in [4.78, 5) is 53.7. The second-order valence-electron chi connectivity index (χ2n) is 22.5. The van der Waals surface area contributed by atoms with Crippen molar-refractivity contribution in [3.63, 3.8) is 0 Å². The molecule has 12 bridgehead atoms. The zero-order valence-corrected chi connectivity index (χ0v) is 51.3. The molecule has 19 nitrogen and oxygen atoms in total. The minimum atomic E-state index is -0.0682. The third kappa shape index (κ3) is 19.4. The molecule has 2 amide bonds. The Morgan fingerprint density at radius 2 is 1.26 bits per heavy atom. The lowest BCUT2D eigenvalue weighted by molar-refractivity contribution is -0.137. The van der Waals surface area contributed by atoms with E-state index in [4.69, 9.17) is 19.4 Å². The summed E-state index contributed by atoms with van der Waals surface area (Å²) in [6.45, 7) is 16.8. The van der Waals surface area contributed by atoms with Crippen molar-refractivity contribution in [2.24, 2.45) is 0 Å². The van der Waals surface area contributed by atoms with Crippen LogP contribution in [0.5, 0.6) is 11.5 Å². The van der Waals surface area contributed by atoms with Gasteiger partial charge in [-0.3, -0.25) is 24.3 Å². The monoisotopic (exact) mass is 1180 g/mol. The number of carbonyl (C=O) groups excluding carboxylic acids is 2. The molecule has 0 aliphatic carbocycles. The second-order valence-corrected chi connectivity index (χ2v) is 22.5. The van der Waals surface area contributed by atoms with Crippen molar-refractivity contribution in [1.82, 2.24) is 54.5 Å². The van der Waals surface area contributed by atoms with Gasteiger partial charge in [0.15, 0.2) is 0 Å². The molecule has 2 fully saturated rings. The standard InChI is InChI=1S/C35H43N7O2.C33H42N8O2/c1-4-10-34(43)42-18-9-12-31(26-42)41(3)19-16-36-29-21-27-22-30(24-29)38-35-37-15-14-33(39-35)28-11-8-13-32(23-28)44-20-7-5-6-17-40(2)25-27;1-4-32(42)40-16-9-17-41(25-40)39(3)18-14-34-28-20-26-21-29(23-28)36-33-35-13-12-31(37-33)27-10-8-11-30(22-27)43-19-7-5-6-15-38(2)24-26/h5-6,8,11,13-15,21-24,31,36H,7,9,12,16-20,25-26H2,1-3H3,(H,37,38,39);4-6,8,10-13,20-23,34H,1,7,9,14-19,24-25H2,2-3H3,(H,35,36,37)/b2*6-5+. The van der Waals surface area contributed by atoms with Crippen LogP contribution in [0, 0.1) is 11.8 Å². The van der Waals surface area contributed by atoms with Gasteiger partial charge in [-0.05, 0) is 156 Å². The summed E-state index contributed by atoms with van der Waals surface area (Å²) in [5.74, 6) is 8.07. The number of likely N-dealkylation sites (tertiary alicyclic amines) is 1. The molecule has 4 aliphatic rings. The average Bonchev–Trinajstić information content (AvgIpc) is 3.62. The van der Waals surface area contributed by atoms with E-state index in [9.17, 15) is 9.59 Å². The maximum atomic E-state index is 12.3. The van der Waals surface area contributed by atoms with E-state index < -0.39 is 0 Å². The molecule has 2 aromatic heterocycles. The van der Waals surface area contributed by atoms with E-state index >= 15 is 0 Å². The first-order valence-corrected chi connectivity index (χ1v) is 30.3. The summed E-state index contributed by atoms with van der Waals surface area (Å²) >= 11 is 0. The fourth-order valence-electron chi connectivity index (χ4n) is 10.9. The van der Waals surface area contributed by atoms with Gasteiger partial charge in [0.05, 0.1) is 31.3 Å². The van der Waals surface area contributed by atoms with Gasteiger partial charge in [0.1, 0.15) is 11.5 Å². The summed E-state index contributed by atoms with van der Waals surface area (Å²) in [5, 5.41) is 18.5. The lowest BCUT2D eigenvalue weighted by Crippen LogP contribution is -2.53. The number of amides is 2. The number of carbonyl (C=O) groups is 2. The van der Waals surface area contributed by atoms with Crippen molar-refractivity contribution < 1.29 is 19.1 Å². The van der Waals surface area contributed by atoms with Crippen molar-refractivity contribution in [1.29, 1.82) is 0 Å². The van der Waals surface area contributed by atoms with E-state index in [0.717, 1.165) is 167 Å². The Kier molecular flexibility index (Phi) is 23.3. The lowest BCUT2D eigenvalue weighted by Gasteiger charge is -2.40. The highest BCUT2D eigenvalue weighted by atomic mass is 16.5. The van der Waals surface area contributed by atoms with Crippen LogP contribution in [0.2, 0.25) is 0 Å². The summed E-state index contributed by atoms with van der Waals surface area (Å²) < 4.78 is 12.0. The van der Waals surface area contributed by atoms with Gasteiger partial charge in [-0.2, -0.15) is 0 Å². The number of benzene rings is 4. The van der Waals surface area contributed by atoms with Gasteiger partial charge in [-0.25, -0.2) is 30.0 Å². The zero-order valence-electron chi connectivity index (χ0n) is 51.3. The molecule has 6 aromatic rings. The number of fused-ring (bicyclic) bond motifs is 14. The molecule has 87 heavy (non-hydrogen) atoms. The van der Waals surface area contributed by atoms with Crippen molar-refractivity contribution in [3.05, 3.63) is 158 Å². The SMILES string of the molecule is C=CC(=O)N1CCCN(N(C)CCNc2cc3cc(c2)Nc2nccc(n2)-c2cccc(c2)OCC/C=C/CN(C)C3)C1.CC#CC(=O)N1CCCC(N(C)CCNc2cc3cc(c2)Nc2nccc(n2)-c2cccc(c2)OCC/C=C/CN(C)C3)C1. The maximum Gasteiger partial charge on any atom is 0.298 e. The van der Waals surface area contributed by atoms with Crippen LogP contribution in [0.25, 0.3) is 22.5 Å². The van der Waals surface area contributed by atoms with E-state index in [0.29, 0.717) is 37.8 Å². The van der Waals surface area contributed by atoms with Crippen LogP contribution in [-0.4, -0.2) is 186 Å². The minimum absolute atomic E-state index is 0.0196. The maximum absolute atomic E-state index is 12.3. The Morgan fingerprint density at radius 3 is 1.83 bits per heavy atom. The molecule has 0 radical (unpaired) electrons. The first kappa shape index (κ1) is 62.9. The topological polar surface area (TPSA) is 175 Å². The van der Waals surface area contributed by atoms with Gasteiger partial charge in [0.25, 0.3) is 5.91 Å². The second kappa shape index (κ2) is 32.2. The molecule has 4 N–H and O–H groups in total. The van der Waals surface area contributed by atoms with Gasteiger partial charge in [-0.15, -0.1) is 0 Å². The van der Waals surface area contributed by atoms with E-state index in [2.05, 4.69) is 163 Å². The molecule has 0 saturated carbocycles. The quantitative estimate of drug-likeness (QED) is 0.0548. The molecule has 10 rings (SSSR count). The highest BCUT2D eigenvalue weighted by Crippen LogP contribution is 2.29. The van der Waals surface area contributed by atoms with Gasteiger partial charge in [0, 0.05) is 138 Å². The van der Waals surface area contributed by atoms with E-state index in [-0.39, 0.29) is 11.8 Å². The fourth-order valence-corrected chi connectivity index (χ4v) is 10.9. The normalized spacial score (nSPS) is 17.7. The molecule has 4 aliphatic heterocycles. The number of rotatable bonds is 11. The first-order chi connectivity index (χ1) is 42.4. The van der Waals surface area contributed by atoms with Crippen LogP contribution in [0.4, 0.5) is 34.6 Å². The number of hydrogen-bond acceptors (Lipinski definition) is 17. The van der Waals surface area contributed by atoms with E-state index in [1.807, 2.05) is 70.5 Å². The number of nitrogens with one attached hydrogen (secondary N) is 4. The third-order valence-electron chi connectivity index (χ3n) is 15.5. The highest BCUT2D eigenvalue weighted by molar-refractivity contribution is 5.93. The molecular formula is C68H85N15O4. The molecule has 1 unspecified atom stereocenters. The van der Waals surface area contributed by atoms with Gasteiger partial charge < -0.3 is 40.5 Å². The van der Waals surface area contributed by atoms with Crippen molar-refractivity contribution in [3.8, 4) is 45.9 Å². The Hall–Kier alpha value is -8.64. The number of likely N-dealkylation sites (N-methyl/N-ethyl adjacent to an activating group) is 4. The highest BCUT2D eigenvalue weighted by Gasteiger charge is 2.26. The minimum Gasteiger partial charge on any atom is -0.493 e. The third-order valence-corrected chi connectivity index (χ3v) is 15.5. The molecule has 19 heteroatoms. The molecule has 6 heterocycles. The smallest absolute Gasteiger partial charge is 0.298 e. The van der Waals surface area contributed by atoms with Crippen LogP contribution in [0.3, 0.4) is 0 Å².